The normalized spacial score (nSPS) is 17.6. The molecular weight excluding hydrogens is 258 g/mol. The van der Waals surface area contributed by atoms with E-state index in [2.05, 4.69) is 0 Å². The van der Waals surface area contributed by atoms with Crippen LogP contribution in [-0.4, -0.2) is 34.3 Å². The quantitative estimate of drug-likeness (QED) is 0.849. The molecule has 2 amide bonds. The Morgan fingerprint density at radius 1 is 1.35 bits per heavy atom. The van der Waals surface area contributed by atoms with Gasteiger partial charge in [-0.1, -0.05) is 25.1 Å². The highest BCUT2D eigenvalue weighted by atomic mass is 16.4. The third-order valence-electron chi connectivity index (χ3n) is 3.94. The number of aliphatic carboxylic acids is 1. The summed E-state index contributed by atoms with van der Waals surface area (Å²) in [7, 11) is 0. The van der Waals surface area contributed by atoms with Crippen LogP contribution in [0.3, 0.4) is 0 Å². The summed E-state index contributed by atoms with van der Waals surface area (Å²) < 4.78 is 0. The Morgan fingerprint density at radius 2 is 2.00 bits per heavy atom. The van der Waals surface area contributed by atoms with Gasteiger partial charge in [0.05, 0.1) is 11.8 Å². The summed E-state index contributed by atoms with van der Waals surface area (Å²) in [5.74, 6) is -1.74. The number of rotatable bonds is 4. The Morgan fingerprint density at radius 3 is 2.60 bits per heavy atom. The highest BCUT2D eigenvalue weighted by molar-refractivity contribution is 6.09. The molecule has 0 aromatic heterocycles. The molecule has 1 atom stereocenters. The van der Waals surface area contributed by atoms with Gasteiger partial charge in [-0.2, -0.15) is 0 Å². The van der Waals surface area contributed by atoms with Crippen molar-refractivity contribution in [1.29, 1.82) is 0 Å². The fourth-order valence-electron chi connectivity index (χ4n) is 2.24. The first-order valence-corrected chi connectivity index (χ1v) is 6.55. The van der Waals surface area contributed by atoms with E-state index in [4.69, 9.17) is 0 Å². The lowest BCUT2D eigenvalue weighted by Crippen LogP contribution is -2.49. The molecule has 0 saturated heterocycles. The number of benzene rings is 1. The second-order valence-corrected chi connectivity index (χ2v) is 5.34. The predicted molar refractivity (Wildman–Crippen MR) is 72.2 cm³/mol. The molecule has 5 nitrogen and oxygen atoms in total. The Bertz CT molecular complexity index is 581. The first kappa shape index (κ1) is 14.2. The van der Waals surface area contributed by atoms with E-state index in [1.807, 2.05) is 0 Å². The fraction of sp³-hybridized carbons (Fsp3) is 0.400. The van der Waals surface area contributed by atoms with Crippen LogP contribution in [-0.2, 0) is 16.0 Å². The van der Waals surface area contributed by atoms with Crippen molar-refractivity contribution >= 4 is 17.8 Å². The highest BCUT2D eigenvalue weighted by Gasteiger charge is 2.39. The summed E-state index contributed by atoms with van der Waals surface area (Å²) in [5.41, 5.74) is 0.0700. The third-order valence-corrected chi connectivity index (χ3v) is 3.94. The van der Waals surface area contributed by atoms with E-state index in [1.54, 1.807) is 38.1 Å². The molecule has 0 spiro atoms. The van der Waals surface area contributed by atoms with Crippen LogP contribution in [0.4, 0.5) is 0 Å². The molecule has 1 aromatic rings. The van der Waals surface area contributed by atoms with Crippen LogP contribution in [0.15, 0.2) is 24.3 Å². The number of carbonyl (C=O) groups is 3. The molecule has 1 unspecified atom stereocenters. The maximum atomic E-state index is 12.4. The maximum absolute atomic E-state index is 12.4. The Hall–Kier alpha value is -2.17. The van der Waals surface area contributed by atoms with Gasteiger partial charge in [-0.3, -0.25) is 19.3 Å². The van der Waals surface area contributed by atoms with Gasteiger partial charge in [0.1, 0.15) is 0 Å². The summed E-state index contributed by atoms with van der Waals surface area (Å²) in [6, 6.07) is 6.93. The molecule has 0 radical (unpaired) electrons. The fourth-order valence-corrected chi connectivity index (χ4v) is 2.24. The van der Waals surface area contributed by atoms with Crippen LogP contribution in [0.1, 0.15) is 36.2 Å². The van der Waals surface area contributed by atoms with E-state index in [1.165, 1.54) is 0 Å². The van der Waals surface area contributed by atoms with E-state index < -0.39 is 17.3 Å². The summed E-state index contributed by atoms with van der Waals surface area (Å²) in [6.45, 7) is 3.20. The lowest BCUT2D eigenvalue weighted by atomic mass is 9.86. The molecule has 0 aliphatic carbocycles. The molecule has 1 N–H and O–H groups in total. The molecule has 1 aromatic carbocycles. The average molecular weight is 275 g/mol. The SMILES string of the molecule is CCC(C)(CN1C(=O)Cc2ccccc2C1=O)C(=O)O. The second-order valence-electron chi connectivity index (χ2n) is 5.34. The van der Waals surface area contributed by atoms with Gasteiger partial charge in [0.15, 0.2) is 0 Å². The van der Waals surface area contributed by atoms with Gasteiger partial charge in [-0.05, 0) is 25.0 Å². The van der Waals surface area contributed by atoms with Crippen molar-refractivity contribution in [3.63, 3.8) is 0 Å². The lowest BCUT2D eigenvalue weighted by Gasteiger charge is -2.33. The average Bonchev–Trinajstić information content (AvgIpc) is 2.43. The number of hydrogen-bond acceptors (Lipinski definition) is 3. The number of carboxylic acids is 1. The number of imide groups is 1. The van der Waals surface area contributed by atoms with Crippen LogP contribution in [0.5, 0.6) is 0 Å². The minimum absolute atomic E-state index is 0.0924. The number of fused-ring (bicyclic) bond motifs is 1. The first-order valence-electron chi connectivity index (χ1n) is 6.55. The van der Waals surface area contributed by atoms with Crippen molar-refractivity contribution in [1.82, 2.24) is 4.90 Å². The number of amides is 2. The highest BCUT2D eigenvalue weighted by Crippen LogP contribution is 2.27. The van der Waals surface area contributed by atoms with E-state index in [9.17, 15) is 19.5 Å². The maximum Gasteiger partial charge on any atom is 0.311 e. The zero-order chi connectivity index (χ0) is 14.9. The molecule has 20 heavy (non-hydrogen) atoms. The Labute approximate surface area is 117 Å². The van der Waals surface area contributed by atoms with Crippen molar-refractivity contribution in [3.05, 3.63) is 35.4 Å². The molecule has 0 saturated carbocycles. The lowest BCUT2D eigenvalue weighted by molar-refractivity contribution is -0.149. The Balaban J connectivity index is 2.33. The van der Waals surface area contributed by atoms with E-state index >= 15 is 0 Å². The standard InChI is InChI=1S/C15H17NO4/c1-3-15(2,14(19)20)9-16-12(17)8-10-6-4-5-7-11(10)13(16)18/h4-7H,3,8-9H2,1-2H3,(H,19,20). The predicted octanol–water partition coefficient (Wildman–Crippen LogP) is 1.71. The molecule has 1 heterocycles. The Kier molecular flexibility index (Phi) is 3.61. The summed E-state index contributed by atoms with van der Waals surface area (Å²) >= 11 is 0. The first-order chi connectivity index (χ1) is 9.39. The van der Waals surface area contributed by atoms with Crippen molar-refractivity contribution in [2.75, 3.05) is 6.54 Å². The minimum atomic E-state index is -1.11. The number of carbonyl (C=O) groups excluding carboxylic acids is 2. The number of hydrogen-bond donors (Lipinski definition) is 1. The van der Waals surface area contributed by atoms with Gasteiger partial charge in [0, 0.05) is 12.1 Å². The van der Waals surface area contributed by atoms with Gasteiger partial charge < -0.3 is 5.11 Å². The van der Waals surface area contributed by atoms with Gasteiger partial charge in [-0.25, -0.2) is 0 Å². The summed E-state index contributed by atoms with van der Waals surface area (Å²) in [5, 5.41) is 9.28. The topological polar surface area (TPSA) is 74.7 Å². The molecule has 1 aliphatic heterocycles. The van der Waals surface area contributed by atoms with Gasteiger partial charge in [0.2, 0.25) is 5.91 Å². The third kappa shape index (κ3) is 2.31. The molecule has 106 valence electrons. The van der Waals surface area contributed by atoms with Gasteiger partial charge in [0.25, 0.3) is 5.91 Å². The van der Waals surface area contributed by atoms with Crippen LogP contribution in [0.2, 0.25) is 0 Å². The van der Waals surface area contributed by atoms with Crippen LogP contribution >= 0.6 is 0 Å². The van der Waals surface area contributed by atoms with Crippen LogP contribution in [0, 0.1) is 5.41 Å². The molecule has 1 aliphatic rings. The molecule has 0 bridgehead atoms. The largest absolute Gasteiger partial charge is 0.481 e. The van der Waals surface area contributed by atoms with Gasteiger partial charge >= 0.3 is 5.97 Å². The smallest absolute Gasteiger partial charge is 0.311 e. The molecule has 2 rings (SSSR count). The van der Waals surface area contributed by atoms with Crippen molar-refractivity contribution in [2.24, 2.45) is 5.41 Å². The molecular formula is C15H17NO4. The summed E-state index contributed by atoms with van der Waals surface area (Å²) in [6.07, 6.45) is 0.488. The zero-order valence-electron chi connectivity index (χ0n) is 11.5. The van der Waals surface area contributed by atoms with Crippen LogP contribution in [0.25, 0.3) is 0 Å². The molecule has 5 heteroatoms. The summed E-state index contributed by atoms with van der Waals surface area (Å²) in [4.78, 5) is 36.9. The monoisotopic (exact) mass is 275 g/mol. The van der Waals surface area contributed by atoms with Crippen molar-refractivity contribution < 1.29 is 19.5 Å². The van der Waals surface area contributed by atoms with Crippen molar-refractivity contribution in [3.8, 4) is 0 Å². The second kappa shape index (κ2) is 5.07. The number of nitrogens with zero attached hydrogens (tertiary/aromatic N) is 1. The molecule has 0 fully saturated rings. The zero-order valence-corrected chi connectivity index (χ0v) is 11.5. The van der Waals surface area contributed by atoms with E-state index in [0.717, 1.165) is 4.90 Å². The number of carboxylic acid groups (broad SMARTS) is 1. The minimum Gasteiger partial charge on any atom is -0.481 e. The van der Waals surface area contributed by atoms with Crippen molar-refractivity contribution in [2.45, 2.75) is 26.7 Å². The van der Waals surface area contributed by atoms with Crippen LogP contribution < -0.4 is 0 Å². The van der Waals surface area contributed by atoms with Gasteiger partial charge in [-0.15, -0.1) is 0 Å². The van der Waals surface area contributed by atoms with E-state index in [0.29, 0.717) is 17.5 Å². The van der Waals surface area contributed by atoms with E-state index in [-0.39, 0.29) is 18.9 Å².